The zero-order valence-electron chi connectivity index (χ0n) is 12.2. The topological polar surface area (TPSA) is 44.4 Å². The van der Waals surface area contributed by atoms with Gasteiger partial charge in [0.05, 0.1) is 16.8 Å². The van der Waals surface area contributed by atoms with Crippen molar-refractivity contribution in [2.24, 2.45) is 5.92 Å². The Hall–Kier alpha value is -1.33. The van der Waals surface area contributed by atoms with E-state index in [0.29, 0.717) is 29.0 Å². The molecule has 1 saturated heterocycles. The number of hydrogen-bond acceptors (Lipinski definition) is 2. The minimum absolute atomic E-state index is 0.0544. The predicted octanol–water partition coefficient (Wildman–Crippen LogP) is 2.88. The Morgan fingerprint density at radius 3 is 2.86 bits per heavy atom. The molecule has 1 unspecified atom stereocenters. The van der Waals surface area contributed by atoms with Crippen molar-refractivity contribution in [2.45, 2.75) is 26.3 Å². The second-order valence-corrected chi connectivity index (χ2v) is 6.49. The van der Waals surface area contributed by atoms with E-state index in [1.807, 2.05) is 23.1 Å². The van der Waals surface area contributed by atoms with Gasteiger partial charge in [-0.25, -0.2) is 0 Å². The molecule has 1 aliphatic rings. The number of benzene rings is 1. The molecule has 1 heterocycles. The fourth-order valence-corrected chi connectivity index (χ4v) is 2.85. The highest BCUT2D eigenvalue weighted by Gasteiger charge is 2.30. The van der Waals surface area contributed by atoms with Gasteiger partial charge in [0, 0.05) is 19.5 Å². The Labute approximate surface area is 135 Å². The molecule has 6 heteroatoms. The molecule has 1 aliphatic heterocycles. The molecule has 1 fully saturated rings. The van der Waals surface area contributed by atoms with Crippen molar-refractivity contribution in [3.05, 3.63) is 29.3 Å². The summed E-state index contributed by atoms with van der Waals surface area (Å²) >= 11 is 11.4. The van der Waals surface area contributed by atoms with Gasteiger partial charge in [-0.1, -0.05) is 37.6 Å². The van der Waals surface area contributed by atoms with Crippen molar-refractivity contribution in [1.29, 1.82) is 0 Å². The van der Waals surface area contributed by atoms with Crippen LogP contribution in [0, 0.1) is 5.92 Å². The first-order valence-electron chi connectivity index (χ1n) is 7.05. The Kier molecular flexibility index (Phi) is 5.42. The summed E-state index contributed by atoms with van der Waals surface area (Å²) in [4.78, 5) is 13.8. The van der Waals surface area contributed by atoms with Crippen LogP contribution in [0.1, 0.15) is 20.3 Å². The zero-order chi connectivity index (χ0) is 15.4. The number of likely N-dealkylation sites (tertiary alicyclic amines) is 1. The highest BCUT2D eigenvalue weighted by molar-refractivity contribution is 7.80. The van der Waals surface area contributed by atoms with Crippen molar-refractivity contribution in [3.63, 3.8) is 0 Å². The minimum atomic E-state index is 0.0544. The Balaban J connectivity index is 1.87. The van der Waals surface area contributed by atoms with Crippen LogP contribution in [0.25, 0.3) is 0 Å². The molecule has 4 nitrogen and oxygen atoms in total. The summed E-state index contributed by atoms with van der Waals surface area (Å²) in [6.45, 7) is 5.71. The van der Waals surface area contributed by atoms with Crippen LogP contribution in [0.5, 0.6) is 0 Å². The van der Waals surface area contributed by atoms with E-state index in [1.165, 1.54) is 0 Å². The van der Waals surface area contributed by atoms with E-state index < -0.39 is 0 Å². The van der Waals surface area contributed by atoms with E-state index in [2.05, 4.69) is 24.5 Å². The summed E-state index contributed by atoms with van der Waals surface area (Å²) < 4.78 is 0. The maximum Gasteiger partial charge on any atom is 0.224 e. The fourth-order valence-electron chi connectivity index (χ4n) is 2.39. The molecule has 1 atom stereocenters. The smallest absolute Gasteiger partial charge is 0.224 e. The number of halogens is 1. The van der Waals surface area contributed by atoms with Gasteiger partial charge in [-0.3, -0.25) is 4.79 Å². The van der Waals surface area contributed by atoms with Crippen molar-refractivity contribution >= 4 is 40.5 Å². The van der Waals surface area contributed by atoms with Gasteiger partial charge in [-0.15, -0.1) is 0 Å². The van der Waals surface area contributed by atoms with Crippen LogP contribution < -0.4 is 10.6 Å². The maximum absolute atomic E-state index is 11.9. The minimum Gasteiger partial charge on any atom is -0.357 e. The van der Waals surface area contributed by atoms with E-state index in [-0.39, 0.29) is 11.9 Å². The standard InChI is InChI=1S/C15H20ClN3OS/c1-10(2)8-19-9-11(7-14(19)20)17-15(21)18-13-6-4-3-5-12(13)16/h3-6,10-11H,7-9H2,1-2H3,(H2,17,18,21). The quantitative estimate of drug-likeness (QED) is 0.836. The summed E-state index contributed by atoms with van der Waals surface area (Å²) in [5.41, 5.74) is 0.764. The Morgan fingerprint density at radius 2 is 2.19 bits per heavy atom. The lowest BCUT2D eigenvalue weighted by Gasteiger charge is -2.20. The number of nitrogens with zero attached hydrogens (tertiary/aromatic N) is 1. The van der Waals surface area contributed by atoms with E-state index >= 15 is 0 Å². The third-order valence-electron chi connectivity index (χ3n) is 3.26. The number of carbonyl (C=O) groups excluding carboxylic acids is 1. The molecule has 0 aromatic heterocycles. The summed E-state index contributed by atoms with van der Waals surface area (Å²) in [6.07, 6.45) is 0.483. The second-order valence-electron chi connectivity index (χ2n) is 5.67. The second kappa shape index (κ2) is 7.09. The van der Waals surface area contributed by atoms with E-state index in [0.717, 1.165) is 12.2 Å². The molecule has 0 aliphatic carbocycles. The third-order valence-corrected chi connectivity index (χ3v) is 3.81. The van der Waals surface area contributed by atoms with Gasteiger partial charge in [-0.2, -0.15) is 0 Å². The van der Waals surface area contributed by atoms with Gasteiger partial charge in [0.1, 0.15) is 0 Å². The molecule has 1 aromatic carbocycles. The molecular weight excluding hydrogens is 306 g/mol. The number of hydrogen-bond donors (Lipinski definition) is 2. The summed E-state index contributed by atoms with van der Waals surface area (Å²) in [6, 6.07) is 7.47. The van der Waals surface area contributed by atoms with Gasteiger partial charge in [-0.05, 0) is 30.3 Å². The SMILES string of the molecule is CC(C)CN1CC(NC(=S)Nc2ccccc2Cl)CC1=O. The van der Waals surface area contributed by atoms with Gasteiger partial charge in [0.2, 0.25) is 5.91 Å². The van der Waals surface area contributed by atoms with Gasteiger partial charge in [0.15, 0.2) is 5.11 Å². The van der Waals surface area contributed by atoms with E-state index in [9.17, 15) is 4.79 Å². The van der Waals surface area contributed by atoms with Crippen molar-refractivity contribution in [2.75, 3.05) is 18.4 Å². The average molecular weight is 326 g/mol. The van der Waals surface area contributed by atoms with Gasteiger partial charge < -0.3 is 15.5 Å². The number of anilines is 1. The first kappa shape index (κ1) is 16.0. The molecule has 0 spiro atoms. The zero-order valence-corrected chi connectivity index (χ0v) is 13.8. The largest absolute Gasteiger partial charge is 0.357 e. The van der Waals surface area contributed by atoms with Gasteiger partial charge in [0.25, 0.3) is 0 Å². The van der Waals surface area contributed by atoms with E-state index in [4.69, 9.17) is 23.8 Å². The molecule has 2 N–H and O–H groups in total. The molecule has 0 saturated carbocycles. The predicted molar refractivity (Wildman–Crippen MR) is 90.6 cm³/mol. The highest BCUT2D eigenvalue weighted by Crippen LogP contribution is 2.20. The van der Waals surface area contributed by atoms with Crippen LogP contribution in [0.2, 0.25) is 5.02 Å². The monoisotopic (exact) mass is 325 g/mol. The number of nitrogens with one attached hydrogen (secondary N) is 2. The molecule has 114 valence electrons. The third kappa shape index (κ3) is 4.58. The molecule has 1 amide bonds. The van der Waals surface area contributed by atoms with Crippen molar-refractivity contribution in [1.82, 2.24) is 10.2 Å². The molecule has 0 bridgehead atoms. The fraction of sp³-hybridized carbons (Fsp3) is 0.467. The Morgan fingerprint density at radius 1 is 1.48 bits per heavy atom. The number of para-hydroxylation sites is 1. The summed E-state index contributed by atoms with van der Waals surface area (Å²) in [5, 5.41) is 7.36. The molecular formula is C15H20ClN3OS. The lowest BCUT2D eigenvalue weighted by Crippen LogP contribution is -2.40. The highest BCUT2D eigenvalue weighted by atomic mass is 35.5. The van der Waals surface area contributed by atoms with Crippen LogP contribution in [-0.2, 0) is 4.79 Å². The van der Waals surface area contributed by atoms with Crippen LogP contribution in [-0.4, -0.2) is 35.1 Å². The van der Waals surface area contributed by atoms with Crippen LogP contribution in [0.4, 0.5) is 5.69 Å². The van der Waals surface area contributed by atoms with Crippen LogP contribution in [0.15, 0.2) is 24.3 Å². The number of thiocarbonyl (C=S) groups is 1. The summed E-state index contributed by atoms with van der Waals surface area (Å²) in [7, 11) is 0. The number of rotatable bonds is 4. The molecule has 2 rings (SSSR count). The van der Waals surface area contributed by atoms with Crippen LogP contribution >= 0.6 is 23.8 Å². The molecule has 21 heavy (non-hydrogen) atoms. The average Bonchev–Trinajstić information content (AvgIpc) is 2.71. The van der Waals surface area contributed by atoms with E-state index in [1.54, 1.807) is 6.07 Å². The molecule has 0 radical (unpaired) electrons. The number of carbonyl (C=O) groups is 1. The summed E-state index contributed by atoms with van der Waals surface area (Å²) in [5.74, 6) is 0.655. The lowest BCUT2D eigenvalue weighted by atomic mass is 10.2. The maximum atomic E-state index is 11.9. The van der Waals surface area contributed by atoms with Crippen LogP contribution in [0.3, 0.4) is 0 Å². The normalized spacial score (nSPS) is 18.2. The molecule has 1 aromatic rings. The van der Waals surface area contributed by atoms with Crippen molar-refractivity contribution < 1.29 is 4.79 Å². The number of amides is 1. The lowest BCUT2D eigenvalue weighted by molar-refractivity contribution is -0.128. The first-order valence-corrected chi connectivity index (χ1v) is 7.84. The Bertz CT molecular complexity index is 535. The first-order chi connectivity index (χ1) is 9.95. The van der Waals surface area contributed by atoms with Crippen molar-refractivity contribution in [3.8, 4) is 0 Å². The van der Waals surface area contributed by atoms with Gasteiger partial charge >= 0.3 is 0 Å².